The number of amides is 1. The minimum atomic E-state index is -1.09. The molecule has 108 valence electrons. The highest BCUT2D eigenvalue weighted by molar-refractivity contribution is 5.99. The van der Waals surface area contributed by atoms with Crippen molar-refractivity contribution in [2.45, 2.75) is 51.5 Å². The van der Waals surface area contributed by atoms with Gasteiger partial charge in [-0.25, -0.2) is 4.79 Å². The first kappa shape index (κ1) is 14.6. The van der Waals surface area contributed by atoms with Crippen molar-refractivity contribution in [3.63, 3.8) is 0 Å². The molecule has 1 aromatic rings. The summed E-state index contributed by atoms with van der Waals surface area (Å²) in [5, 5.41) is 12.3. The van der Waals surface area contributed by atoms with E-state index in [9.17, 15) is 14.7 Å². The molecule has 0 heterocycles. The normalized spacial score (nSPS) is 17.5. The van der Waals surface area contributed by atoms with Crippen molar-refractivity contribution in [3.8, 4) is 0 Å². The summed E-state index contributed by atoms with van der Waals surface area (Å²) < 4.78 is 0. The van der Waals surface area contributed by atoms with Crippen LogP contribution >= 0.6 is 0 Å². The lowest BCUT2D eigenvalue weighted by molar-refractivity contribution is -0.145. The van der Waals surface area contributed by atoms with Crippen molar-refractivity contribution in [1.29, 1.82) is 0 Å². The van der Waals surface area contributed by atoms with E-state index in [-0.39, 0.29) is 5.91 Å². The van der Waals surface area contributed by atoms with Gasteiger partial charge in [0.05, 0.1) is 0 Å². The van der Waals surface area contributed by atoms with Crippen LogP contribution in [0, 0.1) is 13.8 Å². The number of carboxylic acids is 1. The van der Waals surface area contributed by atoms with E-state index in [1.165, 1.54) is 0 Å². The van der Waals surface area contributed by atoms with Crippen LogP contribution in [-0.2, 0) is 4.79 Å². The smallest absolute Gasteiger partial charge is 0.329 e. The summed E-state index contributed by atoms with van der Waals surface area (Å²) in [6.07, 6.45) is 3.75. The number of hydrogen-bond acceptors (Lipinski definition) is 2. The highest BCUT2D eigenvalue weighted by Gasteiger charge is 2.41. The van der Waals surface area contributed by atoms with E-state index in [0.29, 0.717) is 18.4 Å². The zero-order valence-electron chi connectivity index (χ0n) is 12.0. The molecule has 0 atom stereocenters. The predicted molar refractivity (Wildman–Crippen MR) is 76.8 cm³/mol. The highest BCUT2D eigenvalue weighted by atomic mass is 16.4. The van der Waals surface area contributed by atoms with Crippen LogP contribution < -0.4 is 5.32 Å². The second-order valence-corrected chi connectivity index (χ2v) is 5.65. The van der Waals surface area contributed by atoms with Gasteiger partial charge in [-0.1, -0.05) is 31.4 Å². The van der Waals surface area contributed by atoms with Crippen LogP contribution in [-0.4, -0.2) is 22.5 Å². The minimum absolute atomic E-state index is 0.282. The van der Waals surface area contributed by atoms with Gasteiger partial charge in [-0.3, -0.25) is 4.79 Å². The van der Waals surface area contributed by atoms with E-state index < -0.39 is 11.5 Å². The van der Waals surface area contributed by atoms with Gasteiger partial charge in [0.25, 0.3) is 5.91 Å². The second-order valence-electron chi connectivity index (χ2n) is 5.65. The number of rotatable bonds is 3. The number of carbonyl (C=O) groups excluding carboxylic acids is 1. The third-order valence-electron chi connectivity index (χ3n) is 4.32. The Bertz CT molecular complexity index is 531. The van der Waals surface area contributed by atoms with Gasteiger partial charge in [0.2, 0.25) is 0 Å². The fourth-order valence-corrected chi connectivity index (χ4v) is 2.83. The first-order valence-electron chi connectivity index (χ1n) is 7.08. The van der Waals surface area contributed by atoms with Crippen molar-refractivity contribution >= 4 is 11.9 Å². The Hall–Kier alpha value is -1.84. The molecule has 0 bridgehead atoms. The van der Waals surface area contributed by atoms with E-state index in [1.807, 2.05) is 26.0 Å². The maximum absolute atomic E-state index is 12.4. The molecular weight excluding hydrogens is 254 g/mol. The van der Waals surface area contributed by atoms with Crippen LogP contribution in [0.1, 0.15) is 53.6 Å². The molecule has 0 unspecified atom stereocenters. The molecule has 20 heavy (non-hydrogen) atoms. The lowest BCUT2D eigenvalue weighted by Gasteiger charge is -2.34. The Kier molecular flexibility index (Phi) is 4.12. The second kappa shape index (κ2) is 5.65. The fourth-order valence-electron chi connectivity index (χ4n) is 2.83. The van der Waals surface area contributed by atoms with Gasteiger partial charge in [0, 0.05) is 5.56 Å². The van der Waals surface area contributed by atoms with Crippen LogP contribution in [0.2, 0.25) is 0 Å². The lowest BCUT2D eigenvalue weighted by Crippen LogP contribution is -2.55. The third kappa shape index (κ3) is 2.69. The molecule has 1 fully saturated rings. The van der Waals surface area contributed by atoms with Crippen LogP contribution in [0.15, 0.2) is 18.2 Å². The molecule has 0 spiro atoms. The SMILES string of the molecule is Cc1cccc(C(=O)NC2(C(=O)O)CCCCC2)c1C. The number of carbonyl (C=O) groups is 2. The molecule has 1 aliphatic carbocycles. The van der Waals surface area contributed by atoms with Gasteiger partial charge in [-0.15, -0.1) is 0 Å². The molecule has 1 saturated carbocycles. The summed E-state index contributed by atoms with van der Waals surface area (Å²) in [6.45, 7) is 3.83. The Morgan fingerprint density at radius 2 is 1.80 bits per heavy atom. The van der Waals surface area contributed by atoms with E-state index in [4.69, 9.17) is 0 Å². The fraction of sp³-hybridized carbons (Fsp3) is 0.500. The van der Waals surface area contributed by atoms with Crippen molar-refractivity contribution in [1.82, 2.24) is 5.32 Å². The summed E-state index contributed by atoms with van der Waals surface area (Å²) in [7, 11) is 0. The van der Waals surface area contributed by atoms with Crippen molar-refractivity contribution in [2.75, 3.05) is 0 Å². The summed E-state index contributed by atoms with van der Waals surface area (Å²) in [5.41, 5.74) is 1.41. The molecule has 1 aliphatic rings. The molecule has 0 aromatic heterocycles. The highest BCUT2D eigenvalue weighted by Crippen LogP contribution is 2.29. The molecule has 1 aromatic carbocycles. The average Bonchev–Trinajstić information content (AvgIpc) is 2.42. The molecule has 0 radical (unpaired) electrons. The van der Waals surface area contributed by atoms with Gasteiger partial charge in [0.15, 0.2) is 0 Å². The monoisotopic (exact) mass is 275 g/mol. The van der Waals surface area contributed by atoms with E-state index in [2.05, 4.69) is 5.32 Å². The zero-order valence-corrected chi connectivity index (χ0v) is 12.0. The quantitative estimate of drug-likeness (QED) is 0.891. The molecule has 0 aliphatic heterocycles. The van der Waals surface area contributed by atoms with E-state index in [0.717, 1.165) is 30.4 Å². The Morgan fingerprint density at radius 1 is 1.15 bits per heavy atom. The molecule has 1 amide bonds. The number of carboxylic acid groups (broad SMARTS) is 1. The summed E-state index contributed by atoms with van der Waals surface area (Å²) in [6, 6.07) is 5.52. The molecule has 2 rings (SSSR count). The predicted octanol–water partition coefficient (Wildman–Crippen LogP) is 2.82. The number of aryl methyl sites for hydroxylation is 1. The Labute approximate surface area is 119 Å². The number of hydrogen-bond donors (Lipinski definition) is 2. The van der Waals surface area contributed by atoms with Crippen LogP contribution in [0.4, 0.5) is 0 Å². The Balaban J connectivity index is 2.25. The third-order valence-corrected chi connectivity index (χ3v) is 4.32. The molecule has 2 N–H and O–H groups in total. The van der Waals surface area contributed by atoms with Crippen molar-refractivity contribution < 1.29 is 14.7 Å². The van der Waals surface area contributed by atoms with E-state index in [1.54, 1.807) is 6.07 Å². The van der Waals surface area contributed by atoms with Crippen molar-refractivity contribution in [3.05, 3.63) is 34.9 Å². The molecular formula is C16H21NO3. The molecule has 4 heteroatoms. The van der Waals surface area contributed by atoms with Gasteiger partial charge in [0.1, 0.15) is 5.54 Å². The van der Waals surface area contributed by atoms with Crippen molar-refractivity contribution in [2.24, 2.45) is 0 Å². The number of benzene rings is 1. The standard InChI is InChI=1S/C16H21NO3/c1-11-7-6-8-13(12(11)2)14(18)17-16(15(19)20)9-4-3-5-10-16/h6-8H,3-5,9-10H2,1-2H3,(H,17,18)(H,19,20). The lowest BCUT2D eigenvalue weighted by atomic mass is 9.81. The molecule has 4 nitrogen and oxygen atoms in total. The Morgan fingerprint density at radius 3 is 2.40 bits per heavy atom. The zero-order chi connectivity index (χ0) is 14.8. The van der Waals surface area contributed by atoms with Crippen LogP contribution in [0.3, 0.4) is 0 Å². The number of nitrogens with one attached hydrogen (secondary N) is 1. The van der Waals surface area contributed by atoms with Gasteiger partial charge in [-0.05, 0) is 43.9 Å². The van der Waals surface area contributed by atoms with Gasteiger partial charge in [-0.2, -0.15) is 0 Å². The summed E-state index contributed by atoms with van der Waals surface area (Å²) in [4.78, 5) is 24.0. The van der Waals surface area contributed by atoms with Gasteiger partial charge < -0.3 is 10.4 Å². The summed E-state index contributed by atoms with van der Waals surface area (Å²) in [5.74, 6) is -1.20. The van der Waals surface area contributed by atoms with E-state index >= 15 is 0 Å². The van der Waals surface area contributed by atoms with Crippen LogP contribution in [0.25, 0.3) is 0 Å². The van der Waals surface area contributed by atoms with Crippen LogP contribution in [0.5, 0.6) is 0 Å². The number of aliphatic carboxylic acids is 1. The first-order chi connectivity index (χ1) is 9.46. The maximum atomic E-state index is 12.4. The largest absolute Gasteiger partial charge is 0.480 e. The molecule has 0 saturated heterocycles. The summed E-state index contributed by atoms with van der Waals surface area (Å²) >= 11 is 0. The topological polar surface area (TPSA) is 66.4 Å². The first-order valence-corrected chi connectivity index (χ1v) is 7.08. The maximum Gasteiger partial charge on any atom is 0.329 e. The van der Waals surface area contributed by atoms with Gasteiger partial charge >= 0.3 is 5.97 Å². The average molecular weight is 275 g/mol. The minimum Gasteiger partial charge on any atom is -0.480 e.